The second kappa shape index (κ2) is 3.73. The molecular weight excluding hydrogens is 201 g/mol. The summed E-state index contributed by atoms with van der Waals surface area (Å²) in [5.74, 6) is -10.9. The fraction of sp³-hybridized carbons (Fsp3) is 1.00. The fourth-order valence-corrected chi connectivity index (χ4v) is 0.256. The van der Waals surface area contributed by atoms with Gasteiger partial charge in [-0.25, -0.2) is 17.6 Å². The van der Waals surface area contributed by atoms with Crippen molar-refractivity contribution in [2.75, 3.05) is 0 Å². The van der Waals surface area contributed by atoms with Crippen molar-refractivity contribution >= 4 is 0 Å². The zero-order valence-corrected chi connectivity index (χ0v) is 8.18. The van der Waals surface area contributed by atoms with Crippen molar-refractivity contribution in [3.05, 3.63) is 0 Å². The number of hydrogen-bond acceptors (Lipinski definition) is 1. The van der Waals surface area contributed by atoms with E-state index in [0.29, 0.717) is 0 Å². The molecule has 12 heavy (non-hydrogen) atoms. The molecule has 0 aromatic rings. The van der Waals surface area contributed by atoms with Gasteiger partial charge in [0.05, 0.1) is 0 Å². The van der Waals surface area contributed by atoms with Crippen molar-refractivity contribution in [1.82, 2.24) is 0 Å². The van der Waals surface area contributed by atoms with E-state index in [0.717, 1.165) is 0 Å². The molecule has 0 spiro atoms. The van der Waals surface area contributed by atoms with Crippen molar-refractivity contribution in [2.45, 2.75) is 24.9 Å². The topological polar surface area (TPSA) is 23.1 Å². The summed E-state index contributed by atoms with van der Waals surface area (Å²) in [4.78, 5) is 0. The van der Waals surface area contributed by atoms with Gasteiger partial charge in [-0.15, -0.1) is 0 Å². The van der Waals surface area contributed by atoms with Crippen molar-refractivity contribution in [1.29, 1.82) is 0 Å². The van der Waals surface area contributed by atoms with Crippen LogP contribution in [0.3, 0.4) is 0 Å². The monoisotopic (exact) mass is 204 g/mol. The maximum atomic E-state index is 11.6. The molecule has 0 rings (SSSR count). The Kier molecular flexibility index (Phi) is 4.67. The van der Waals surface area contributed by atoms with Crippen LogP contribution in [0.2, 0.25) is 0 Å². The molecular formula is C4H3F6NaO. The minimum atomic E-state index is -5.95. The number of rotatable bonds is 2. The van der Waals surface area contributed by atoms with Crippen LogP contribution in [-0.4, -0.2) is 18.0 Å². The van der Waals surface area contributed by atoms with Crippen LogP contribution in [0.1, 0.15) is 6.92 Å². The van der Waals surface area contributed by atoms with E-state index in [-0.39, 0.29) is 29.6 Å². The third-order valence-electron chi connectivity index (χ3n) is 0.917. The molecule has 0 aromatic carbocycles. The van der Waals surface area contributed by atoms with Gasteiger partial charge in [0.2, 0.25) is 0 Å². The molecule has 0 aliphatic carbocycles. The van der Waals surface area contributed by atoms with E-state index in [1.54, 1.807) is 0 Å². The Labute approximate surface area is 86.0 Å². The Morgan fingerprint density at radius 1 is 0.917 bits per heavy atom. The Hall–Kier alpha value is 0.540. The molecule has 0 aliphatic heterocycles. The smallest absolute Gasteiger partial charge is 0.793 e. The van der Waals surface area contributed by atoms with E-state index in [4.69, 9.17) is 0 Å². The maximum Gasteiger partial charge on any atom is 1.00 e. The normalized spacial score (nSPS) is 14.0. The van der Waals surface area contributed by atoms with Crippen LogP contribution in [-0.2, 0) is 0 Å². The van der Waals surface area contributed by atoms with Crippen LogP contribution >= 0.6 is 0 Å². The third-order valence-corrected chi connectivity index (χ3v) is 0.917. The first-order valence-electron chi connectivity index (χ1n) is 2.34. The second-order valence-corrected chi connectivity index (χ2v) is 1.98. The minimum absolute atomic E-state index is 0. The first-order valence-corrected chi connectivity index (χ1v) is 2.34. The minimum Gasteiger partial charge on any atom is -0.793 e. The van der Waals surface area contributed by atoms with Gasteiger partial charge in [0, 0.05) is 6.92 Å². The van der Waals surface area contributed by atoms with E-state index in [9.17, 15) is 31.4 Å². The molecule has 0 unspecified atom stereocenters. The van der Waals surface area contributed by atoms with Crippen LogP contribution in [0.5, 0.6) is 0 Å². The summed E-state index contributed by atoms with van der Waals surface area (Å²) in [6.07, 6.45) is -5.95. The predicted octanol–water partition coefficient (Wildman–Crippen LogP) is -1.77. The number of halogens is 6. The van der Waals surface area contributed by atoms with Crippen LogP contribution in [0, 0.1) is 0 Å². The first kappa shape index (κ1) is 15.0. The van der Waals surface area contributed by atoms with Gasteiger partial charge in [0.15, 0.2) is 0 Å². The largest absolute Gasteiger partial charge is 1.00 e. The molecule has 68 valence electrons. The first-order chi connectivity index (χ1) is 4.50. The summed E-state index contributed by atoms with van der Waals surface area (Å²) >= 11 is 0. The van der Waals surface area contributed by atoms with Gasteiger partial charge in [-0.05, 0) is 0 Å². The molecule has 1 nitrogen and oxygen atoms in total. The molecule has 0 heterocycles. The van der Waals surface area contributed by atoms with Crippen molar-refractivity contribution in [2.24, 2.45) is 0 Å². The van der Waals surface area contributed by atoms with E-state index in [1.165, 1.54) is 0 Å². The Morgan fingerprint density at radius 3 is 1.17 bits per heavy atom. The van der Waals surface area contributed by atoms with Gasteiger partial charge in [-0.1, -0.05) is 0 Å². The fourth-order valence-electron chi connectivity index (χ4n) is 0.256. The van der Waals surface area contributed by atoms with Crippen LogP contribution in [0.25, 0.3) is 0 Å². The zero-order valence-electron chi connectivity index (χ0n) is 6.18. The second-order valence-electron chi connectivity index (χ2n) is 1.98. The molecule has 0 bridgehead atoms. The van der Waals surface area contributed by atoms with Crippen molar-refractivity contribution in [3.63, 3.8) is 0 Å². The van der Waals surface area contributed by atoms with Crippen molar-refractivity contribution in [3.8, 4) is 0 Å². The maximum absolute atomic E-state index is 11.6. The van der Waals surface area contributed by atoms with E-state index in [2.05, 4.69) is 0 Å². The molecule has 0 saturated heterocycles. The molecule has 0 fully saturated rings. The molecule has 0 N–H and O–H groups in total. The average molecular weight is 204 g/mol. The molecule has 0 atom stereocenters. The molecule has 0 radical (unpaired) electrons. The molecule has 0 aromatic heterocycles. The van der Waals surface area contributed by atoms with Crippen molar-refractivity contribution < 1.29 is 61.0 Å². The van der Waals surface area contributed by atoms with E-state index >= 15 is 0 Å². The quantitative estimate of drug-likeness (QED) is 0.385. The van der Waals surface area contributed by atoms with E-state index in [1.807, 2.05) is 0 Å². The summed E-state index contributed by atoms with van der Waals surface area (Å²) < 4.78 is 68.8. The van der Waals surface area contributed by atoms with Gasteiger partial charge in [0.25, 0.3) is 6.11 Å². The van der Waals surface area contributed by atoms with E-state index < -0.39 is 24.9 Å². The summed E-state index contributed by atoms with van der Waals surface area (Å²) in [5.41, 5.74) is 0. The predicted molar refractivity (Wildman–Crippen MR) is 20.5 cm³/mol. The molecule has 0 saturated carbocycles. The molecule has 0 aliphatic rings. The Balaban J connectivity index is 0. The third kappa shape index (κ3) is 2.79. The molecule has 8 heteroatoms. The Bertz CT molecular complexity index is 131. The average Bonchev–Trinajstić information content (AvgIpc) is 1.58. The van der Waals surface area contributed by atoms with Gasteiger partial charge in [0.1, 0.15) is 0 Å². The number of alkyl halides is 6. The van der Waals surface area contributed by atoms with Gasteiger partial charge in [-0.2, -0.15) is 8.78 Å². The summed E-state index contributed by atoms with van der Waals surface area (Å²) in [7, 11) is 0. The zero-order chi connectivity index (χ0) is 9.50. The van der Waals surface area contributed by atoms with Gasteiger partial charge in [-0.3, -0.25) is 0 Å². The van der Waals surface area contributed by atoms with Crippen LogP contribution in [0.4, 0.5) is 26.3 Å². The summed E-state index contributed by atoms with van der Waals surface area (Å²) in [6, 6.07) is 0. The van der Waals surface area contributed by atoms with Gasteiger partial charge >= 0.3 is 41.4 Å². The SMILES string of the molecule is CC(F)(F)C(F)(F)C([O-])(F)F.[Na+]. The van der Waals surface area contributed by atoms with Crippen LogP contribution < -0.4 is 34.7 Å². The standard InChI is InChI=1S/C4H3F6O.Na/c1-2(5,6)3(7,8)4(9,10)11;/h1H3;/q-1;+1. The number of hydrogen-bond donors (Lipinski definition) is 0. The van der Waals surface area contributed by atoms with Gasteiger partial charge < -0.3 is 5.11 Å². The molecule has 0 amide bonds. The Morgan fingerprint density at radius 2 is 1.17 bits per heavy atom. The van der Waals surface area contributed by atoms with Crippen LogP contribution in [0.15, 0.2) is 0 Å². The summed E-state index contributed by atoms with van der Waals surface area (Å²) in [5, 5.41) is 9.21. The summed E-state index contributed by atoms with van der Waals surface area (Å²) in [6.45, 7) is -0.446.